The zero-order chi connectivity index (χ0) is 11.5. The summed E-state index contributed by atoms with van der Waals surface area (Å²) < 4.78 is 5.55. The summed E-state index contributed by atoms with van der Waals surface area (Å²) in [4.78, 5) is 10.3. The van der Waals surface area contributed by atoms with Crippen molar-refractivity contribution in [1.29, 1.82) is 0 Å². The first-order chi connectivity index (χ1) is 7.70. The van der Waals surface area contributed by atoms with E-state index >= 15 is 0 Å². The Labute approximate surface area is 102 Å². The number of nitrogens with zero attached hydrogens (tertiary/aromatic N) is 1. The Bertz CT molecular complexity index is 397. The van der Waals surface area contributed by atoms with Gasteiger partial charge in [-0.2, -0.15) is 0 Å². The van der Waals surface area contributed by atoms with Gasteiger partial charge in [-0.15, -0.1) is 0 Å². The molecule has 0 spiro atoms. The third-order valence-corrected chi connectivity index (χ3v) is 3.53. The number of nitro benzene ring substituents is 1. The number of alkyl halides is 1. The van der Waals surface area contributed by atoms with Gasteiger partial charge in [-0.1, -0.05) is 28.1 Å². The average Bonchev–Trinajstić information content (AvgIpc) is 2.77. The molecule has 1 saturated heterocycles. The Kier molecular flexibility index (Phi) is 3.56. The molecule has 1 aromatic rings. The van der Waals surface area contributed by atoms with E-state index in [-0.39, 0.29) is 22.6 Å². The molecule has 0 N–H and O–H groups in total. The molecule has 0 bridgehead atoms. The van der Waals surface area contributed by atoms with Gasteiger partial charge in [-0.05, 0) is 12.0 Å². The van der Waals surface area contributed by atoms with Gasteiger partial charge in [-0.25, -0.2) is 0 Å². The van der Waals surface area contributed by atoms with Crippen molar-refractivity contribution in [3.63, 3.8) is 0 Å². The van der Waals surface area contributed by atoms with Crippen molar-refractivity contribution in [1.82, 2.24) is 0 Å². The molecular weight excluding hydrogens is 274 g/mol. The van der Waals surface area contributed by atoms with Crippen LogP contribution in [0.25, 0.3) is 0 Å². The summed E-state index contributed by atoms with van der Waals surface area (Å²) in [6, 6.07) is 6.82. The van der Waals surface area contributed by atoms with Crippen LogP contribution in [0.15, 0.2) is 24.3 Å². The molecule has 2 atom stereocenters. The number of benzene rings is 1. The first kappa shape index (κ1) is 11.5. The SMILES string of the molecule is O=[N+]([O-])c1cccc(C2COC(CBr)C2)c1. The number of halogens is 1. The van der Waals surface area contributed by atoms with Crippen LogP contribution in [0.1, 0.15) is 17.9 Å². The minimum absolute atomic E-state index is 0.153. The van der Waals surface area contributed by atoms with Crippen LogP contribution in [0.3, 0.4) is 0 Å². The predicted molar refractivity (Wildman–Crippen MR) is 64.0 cm³/mol. The maximum atomic E-state index is 10.7. The highest BCUT2D eigenvalue weighted by Crippen LogP contribution is 2.31. The molecule has 4 nitrogen and oxygen atoms in total. The molecule has 0 saturated carbocycles. The third-order valence-electron chi connectivity index (χ3n) is 2.81. The minimum Gasteiger partial charge on any atom is -0.377 e. The fourth-order valence-electron chi connectivity index (χ4n) is 1.94. The van der Waals surface area contributed by atoms with Gasteiger partial charge < -0.3 is 4.74 Å². The molecule has 0 aliphatic carbocycles. The van der Waals surface area contributed by atoms with Crippen LogP contribution in [0.4, 0.5) is 5.69 Å². The standard InChI is InChI=1S/C11H12BrNO3/c12-6-11-5-9(7-16-11)8-2-1-3-10(4-8)13(14)15/h1-4,9,11H,5-7H2. The zero-order valence-electron chi connectivity index (χ0n) is 8.64. The van der Waals surface area contributed by atoms with E-state index in [1.807, 2.05) is 6.07 Å². The molecule has 0 radical (unpaired) electrons. The van der Waals surface area contributed by atoms with Gasteiger partial charge >= 0.3 is 0 Å². The Morgan fingerprint density at radius 2 is 2.38 bits per heavy atom. The molecule has 1 fully saturated rings. The summed E-state index contributed by atoms with van der Waals surface area (Å²) in [7, 11) is 0. The summed E-state index contributed by atoms with van der Waals surface area (Å²) in [5, 5.41) is 11.5. The lowest BCUT2D eigenvalue weighted by Crippen LogP contribution is -2.05. The predicted octanol–water partition coefficient (Wildman–Crippen LogP) is 2.86. The molecule has 1 aliphatic rings. The van der Waals surface area contributed by atoms with Crippen LogP contribution in [-0.2, 0) is 4.74 Å². The number of ether oxygens (including phenoxy) is 1. The summed E-state index contributed by atoms with van der Waals surface area (Å²) >= 11 is 3.38. The highest BCUT2D eigenvalue weighted by molar-refractivity contribution is 9.09. The topological polar surface area (TPSA) is 52.4 Å². The van der Waals surface area contributed by atoms with Gasteiger partial charge in [-0.3, -0.25) is 10.1 Å². The largest absolute Gasteiger partial charge is 0.377 e. The highest BCUT2D eigenvalue weighted by atomic mass is 79.9. The summed E-state index contributed by atoms with van der Waals surface area (Å²) in [5.74, 6) is 0.280. The van der Waals surface area contributed by atoms with Crippen LogP contribution < -0.4 is 0 Å². The van der Waals surface area contributed by atoms with E-state index in [1.54, 1.807) is 12.1 Å². The highest BCUT2D eigenvalue weighted by Gasteiger charge is 2.26. The molecule has 2 rings (SSSR count). The van der Waals surface area contributed by atoms with E-state index in [0.717, 1.165) is 17.3 Å². The molecule has 1 aliphatic heterocycles. The quantitative estimate of drug-likeness (QED) is 0.487. The monoisotopic (exact) mass is 285 g/mol. The normalized spacial score (nSPS) is 24.6. The van der Waals surface area contributed by atoms with Crippen LogP contribution >= 0.6 is 15.9 Å². The second-order valence-corrected chi connectivity index (χ2v) is 4.54. The lowest BCUT2D eigenvalue weighted by Gasteiger charge is -2.07. The fraction of sp³-hybridized carbons (Fsp3) is 0.455. The number of hydrogen-bond acceptors (Lipinski definition) is 3. The van der Waals surface area contributed by atoms with Gasteiger partial charge in [0.2, 0.25) is 0 Å². The van der Waals surface area contributed by atoms with Crippen molar-refractivity contribution in [2.45, 2.75) is 18.4 Å². The third kappa shape index (κ3) is 2.41. The van der Waals surface area contributed by atoms with Gasteiger partial charge in [0.15, 0.2) is 0 Å². The Morgan fingerprint density at radius 1 is 1.56 bits per heavy atom. The number of hydrogen-bond donors (Lipinski definition) is 0. The van der Waals surface area contributed by atoms with Crippen molar-refractivity contribution in [2.75, 3.05) is 11.9 Å². The molecule has 0 aromatic heterocycles. The first-order valence-electron chi connectivity index (χ1n) is 5.12. The van der Waals surface area contributed by atoms with Crippen LogP contribution in [0.2, 0.25) is 0 Å². The van der Waals surface area contributed by atoms with Crippen molar-refractivity contribution < 1.29 is 9.66 Å². The van der Waals surface area contributed by atoms with Crippen molar-refractivity contribution in [3.8, 4) is 0 Å². The van der Waals surface area contributed by atoms with E-state index in [1.165, 1.54) is 6.07 Å². The Morgan fingerprint density at radius 3 is 3.00 bits per heavy atom. The van der Waals surface area contributed by atoms with Gasteiger partial charge in [0.05, 0.1) is 17.6 Å². The van der Waals surface area contributed by atoms with Gasteiger partial charge in [0.25, 0.3) is 5.69 Å². The molecule has 5 heteroatoms. The van der Waals surface area contributed by atoms with Crippen LogP contribution in [0.5, 0.6) is 0 Å². The summed E-state index contributed by atoms with van der Waals surface area (Å²) in [6.45, 7) is 0.650. The maximum Gasteiger partial charge on any atom is 0.269 e. The fourth-order valence-corrected chi connectivity index (χ4v) is 2.39. The van der Waals surface area contributed by atoms with E-state index in [2.05, 4.69) is 15.9 Å². The molecule has 0 amide bonds. The lowest BCUT2D eigenvalue weighted by molar-refractivity contribution is -0.384. The molecule has 16 heavy (non-hydrogen) atoms. The number of nitro groups is 1. The molecule has 1 heterocycles. The first-order valence-corrected chi connectivity index (χ1v) is 6.24. The van der Waals surface area contributed by atoms with E-state index in [9.17, 15) is 10.1 Å². The molecule has 1 aromatic carbocycles. The van der Waals surface area contributed by atoms with Crippen LogP contribution in [-0.4, -0.2) is 23.0 Å². The lowest BCUT2D eigenvalue weighted by atomic mass is 9.96. The summed E-state index contributed by atoms with van der Waals surface area (Å²) in [5.41, 5.74) is 1.15. The summed E-state index contributed by atoms with van der Waals surface area (Å²) in [6.07, 6.45) is 1.15. The van der Waals surface area contributed by atoms with Gasteiger partial charge in [0.1, 0.15) is 0 Å². The Hall–Kier alpha value is -0.940. The second kappa shape index (κ2) is 4.93. The van der Waals surface area contributed by atoms with Crippen molar-refractivity contribution in [3.05, 3.63) is 39.9 Å². The van der Waals surface area contributed by atoms with Crippen molar-refractivity contribution >= 4 is 21.6 Å². The maximum absolute atomic E-state index is 10.7. The minimum atomic E-state index is -0.360. The second-order valence-electron chi connectivity index (χ2n) is 3.89. The smallest absolute Gasteiger partial charge is 0.269 e. The van der Waals surface area contributed by atoms with E-state index in [4.69, 9.17) is 4.74 Å². The van der Waals surface area contributed by atoms with Gasteiger partial charge in [0, 0.05) is 23.4 Å². The van der Waals surface area contributed by atoms with E-state index in [0.29, 0.717) is 6.61 Å². The number of non-ortho nitro benzene ring substituents is 1. The Balaban J connectivity index is 2.15. The van der Waals surface area contributed by atoms with Crippen LogP contribution in [0, 0.1) is 10.1 Å². The zero-order valence-corrected chi connectivity index (χ0v) is 10.2. The average molecular weight is 286 g/mol. The molecule has 86 valence electrons. The number of rotatable bonds is 3. The molecular formula is C11H12BrNO3. The molecule has 2 unspecified atom stereocenters. The van der Waals surface area contributed by atoms with E-state index < -0.39 is 0 Å². The van der Waals surface area contributed by atoms with Crippen molar-refractivity contribution in [2.24, 2.45) is 0 Å².